The van der Waals surface area contributed by atoms with E-state index in [-0.39, 0.29) is 17.0 Å². The fourth-order valence-electron chi connectivity index (χ4n) is 2.36. The molecule has 2 atom stereocenters. The average Bonchev–Trinajstić information content (AvgIpc) is 2.32. The molecule has 0 aromatic heterocycles. The van der Waals surface area contributed by atoms with Crippen LogP contribution in [0.15, 0.2) is 23.1 Å². The number of benzene rings is 1. The van der Waals surface area contributed by atoms with Crippen LogP contribution >= 0.6 is 0 Å². The summed E-state index contributed by atoms with van der Waals surface area (Å²) >= 11 is 0. The van der Waals surface area contributed by atoms with Gasteiger partial charge in [0.25, 0.3) is 0 Å². The van der Waals surface area contributed by atoms with Gasteiger partial charge in [0.2, 0.25) is 10.0 Å². The van der Waals surface area contributed by atoms with Gasteiger partial charge in [0, 0.05) is 12.1 Å². The number of nitrogens with zero attached hydrogens (tertiary/aromatic N) is 1. The molecule has 106 valence electrons. The summed E-state index contributed by atoms with van der Waals surface area (Å²) in [5, 5.41) is 0. The van der Waals surface area contributed by atoms with Gasteiger partial charge in [0.05, 0.1) is 18.1 Å². The Kier molecular flexibility index (Phi) is 3.94. The van der Waals surface area contributed by atoms with Crippen LogP contribution in [0.1, 0.15) is 19.4 Å². The van der Waals surface area contributed by atoms with Crippen molar-refractivity contribution in [2.75, 3.05) is 13.2 Å². The molecule has 6 heteroatoms. The lowest BCUT2D eigenvalue weighted by Gasteiger charge is -2.37. The Bertz CT molecular complexity index is 563. The molecule has 0 spiro atoms. The van der Waals surface area contributed by atoms with E-state index in [1.807, 2.05) is 13.8 Å². The molecule has 0 aliphatic carbocycles. The Morgan fingerprint density at radius 1 is 1.26 bits per heavy atom. The number of sulfonamides is 1. The van der Waals surface area contributed by atoms with Gasteiger partial charge >= 0.3 is 0 Å². The maximum Gasteiger partial charge on any atom is 0.243 e. The fraction of sp³-hybridized carbons (Fsp3) is 0.538. The van der Waals surface area contributed by atoms with Crippen LogP contribution in [-0.2, 0) is 14.8 Å². The summed E-state index contributed by atoms with van der Waals surface area (Å²) in [6.45, 7) is 5.93. The molecule has 0 saturated carbocycles. The third-order valence-corrected chi connectivity index (χ3v) is 5.42. The summed E-state index contributed by atoms with van der Waals surface area (Å²) in [5.41, 5.74) is 0.328. The van der Waals surface area contributed by atoms with Gasteiger partial charge < -0.3 is 4.74 Å². The van der Waals surface area contributed by atoms with Crippen LogP contribution in [0.4, 0.5) is 4.39 Å². The lowest BCUT2D eigenvalue weighted by atomic mass is 10.2. The smallest absolute Gasteiger partial charge is 0.243 e. The maximum atomic E-state index is 13.3. The summed E-state index contributed by atoms with van der Waals surface area (Å²) in [6.07, 6.45) is 0. The molecular formula is C13H18FNO3S. The summed E-state index contributed by atoms with van der Waals surface area (Å²) < 4.78 is 45.3. The molecule has 1 aromatic carbocycles. The molecule has 1 fully saturated rings. The minimum absolute atomic E-state index is 0.131. The van der Waals surface area contributed by atoms with Gasteiger partial charge in [-0.1, -0.05) is 0 Å². The van der Waals surface area contributed by atoms with Crippen LogP contribution in [0, 0.1) is 12.7 Å². The third-order valence-electron chi connectivity index (χ3n) is 3.29. The number of hydrogen-bond acceptors (Lipinski definition) is 3. The predicted molar refractivity (Wildman–Crippen MR) is 69.9 cm³/mol. The highest BCUT2D eigenvalue weighted by Gasteiger charge is 2.36. The first-order valence-corrected chi connectivity index (χ1v) is 7.65. The SMILES string of the molecule is Cc1cc(S(=O)(=O)N2C(C)COCC2C)ccc1F. The molecule has 4 nitrogen and oxygen atoms in total. The van der Waals surface area contributed by atoms with Crippen LogP contribution in [0.25, 0.3) is 0 Å². The van der Waals surface area contributed by atoms with E-state index in [2.05, 4.69) is 0 Å². The normalized spacial score (nSPS) is 25.5. The molecule has 2 unspecified atom stereocenters. The van der Waals surface area contributed by atoms with E-state index in [4.69, 9.17) is 4.74 Å². The number of rotatable bonds is 2. The van der Waals surface area contributed by atoms with Crippen LogP contribution in [0.5, 0.6) is 0 Å². The molecule has 1 aliphatic heterocycles. The van der Waals surface area contributed by atoms with Crippen molar-refractivity contribution in [2.45, 2.75) is 37.8 Å². The molecule has 0 amide bonds. The fourth-order valence-corrected chi connectivity index (χ4v) is 4.24. The van der Waals surface area contributed by atoms with Crippen LogP contribution in [0.3, 0.4) is 0 Å². The zero-order valence-electron chi connectivity index (χ0n) is 11.3. The molecule has 0 radical (unpaired) electrons. The number of ether oxygens (including phenoxy) is 1. The number of hydrogen-bond donors (Lipinski definition) is 0. The Balaban J connectivity index is 2.43. The summed E-state index contributed by atoms with van der Waals surface area (Å²) in [6, 6.07) is 3.43. The molecule has 0 bridgehead atoms. The molecule has 19 heavy (non-hydrogen) atoms. The monoisotopic (exact) mass is 287 g/mol. The van der Waals surface area contributed by atoms with Gasteiger partial charge in [-0.2, -0.15) is 4.31 Å². The van der Waals surface area contributed by atoms with Crippen LogP contribution in [0.2, 0.25) is 0 Å². The second kappa shape index (κ2) is 5.19. The quantitative estimate of drug-likeness (QED) is 0.835. The zero-order valence-corrected chi connectivity index (χ0v) is 12.1. The number of morpholine rings is 1. The highest BCUT2D eigenvalue weighted by molar-refractivity contribution is 7.89. The van der Waals surface area contributed by atoms with Crippen molar-refractivity contribution in [1.82, 2.24) is 4.31 Å². The van der Waals surface area contributed by atoms with Gasteiger partial charge in [-0.05, 0) is 44.5 Å². The minimum Gasteiger partial charge on any atom is -0.378 e. The lowest BCUT2D eigenvalue weighted by molar-refractivity contribution is 0.00636. The topological polar surface area (TPSA) is 46.6 Å². The summed E-state index contributed by atoms with van der Waals surface area (Å²) in [5.74, 6) is -0.401. The largest absolute Gasteiger partial charge is 0.378 e. The first-order valence-electron chi connectivity index (χ1n) is 6.21. The summed E-state index contributed by atoms with van der Waals surface area (Å²) in [4.78, 5) is 0.131. The van der Waals surface area contributed by atoms with Crippen molar-refractivity contribution in [3.05, 3.63) is 29.6 Å². The Morgan fingerprint density at radius 2 is 1.84 bits per heavy atom. The Hall–Kier alpha value is -0.980. The number of halogens is 1. The molecule has 2 rings (SSSR count). The van der Waals surface area contributed by atoms with Gasteiger partial charge in [-0.3, -0.25) is 0 Å². The predicted octanol–water partition coefficient (Wildman–Crippen LogP) is 1.93. The summed E-state index contributed by atoms with van der Waals surface area (Å²) in [7, 11) is -3.61. The first-order chi connectivity index (χ1) is 8.84. The van der Waals surface area contributed by atoms with Crippen LogP contribution in [-0.4, -0.2) is 38.0 Å². The van der Waals surface area contributed by atoms with E-state index in [0.29, 0.717) is 18.8 Å². The van der Waals surface area contributed by atoms with Gasteiger partial charge in [-0.25, -0.2) is 12.8 Å². The lowest BCUT2D eigenvalue weighted by Crippen LogP contribution is -2.52. The molecule has 1 heterocycles. The van der Waals surface area contributed by atoms with Crippen molar-refractivity contribution in [3.8, 4) is 0 Å². The Morgan fingerprint density at radius 3 is 2.37 bits per heavy atom. The zero-order chi connectivity index (χ0) is 14.2. The standard InChI is InChI=1S/C13H18FNO3S/c1-9-6-12(4-5-13(9)14)19(16,17)15-10(2)7-18-8-11(15)3/h4-6,10-11H,7-8H2,1-3H3. The molecule has 1 aromatic rings. The van der Waals surface area contributed by atoms with Crippen molar-refractivity contribution < 1.29 is 17.5 Å². The second-order valence-corrected chi connectivity index (χ2v) is 6.82. The highest BCUT2D eigenvalue weighted by Crippen LogP contribution is 2.25. The van der Waals surface area contributed by atoms with Crippen molar-refractivity contribution >= 4 is 10.0 Å². The third kappa shape index (κ3) is 2.66. The second-order valence-electron chi connectivity index (χ2n) is 4.98. The Labute approximate surface area is 113 Å². The van der Waals surface area contributed by atoms with Crippen LogP contribution < -0.4 is 0 Å². The molecule has 1 saturated heterocycles. The average molecular weight is 287 g/mol. The van der Waals surface area contributed by atoms with E-state index >= 15 is 0 Å². The minimum atomic E-state index is -3.61. The highest BCUT2D eigenvalue weighted by atomic mass is 32.2. The van der Waals surface area contributed by atoms with Crippen molar-refractivity contribution in [1.29, 1.82) is 0 Å². The van der Waals surface area contributed by atoms with Crippen molar-refractivity contribution in [2.24, 2.45) is 0 Å². The van der Waals surface area contributed by atoms with E-state index in [1.54, 1.807) is 6.92 Å². The first kappa shape index (κ1) is 14.4. The molecule has 1 aliphatic rings. The van der Waals surface area contributed by atoms with Gasteiger partial charge in [0.15, 0.2) is 0 Å². The van der Waals surface area contributed by atoms with E-state index in [9.17, 15) is 12.8 Å². The molecular weight excluding hydrogens is 269 g/mol. The van der Waals surface area contributed by atoms with Gasteiger partial charge in [0.1, 0.15) is 5.82 Å². The van der Waals surface area contributed by atoms with E-state index in [0.717, 1.165) is 0 Å². The maximum absolute atomic E-state index is 13.3. The molecule has 0 N–H and O–H groups in total. The van der Waals surface area contributed by atoms with E-state index in [1.165, 1.54) is 22.5 Å². The van der Waals surface area contributed by atoms with Crippen molar-refractivity contribution in [3.63, 3.8) is 0 Å². The van der Waals surface area contributed by atoms with Gasteiger partial charge in [-0.15, -0.1) is 0 Å². The van der Waals surface area contributed by atoms with E-state index < -0.39 is 15.8 Å². The number of aryl methyl sites for hydroxylation is 1.